The van der Waals surface area contributed by atoms with E-state index in [9.17, 15) is 14.4 Å². The van der Waals surface area contributed by atoms with Gasteiger partial charge in [-0.1, -0.05) is 30.3 Å². The van der Waals surface area contributed by atoms with Crippen LogP contribution in [0, 0.1) is 0 Å². The van der Waals surface area contributed by atoms with E-state index in [0.717, 1.165) is 29.9 Å². The molecule has 27 heavy (non-hydrogen) atoms. The molecule has 2 aromatic carbocycles. The summed E-state index contributed by atoms with van der Waals surface area (Å²) in [5.41, 5.74) is 2.56. The van der Waals surface area contributed by atoms with E-state index in [1.165, 1.54) is 4.90 Å². The van der Waals surface area contributed by atoms with E-state index in [0.29, 0.717) is 13.0 Å². The Morgan fingerprint density at radius 1 is 0.926 bits per heavy atom. The molecule has 2 aliphatic rings. The van der Waals surface area contributed by atoms with E-state index in [2.05, 4.69) is 5.32 Å². The lowest BCUT2D eigenvalue weighted by Crippen LogP contribution is -2.34. The molecule has 2 aliphatic heterocycles. The Labute approximate surface area is 157 Å². The van der Waals surface area contributed by atoms with Crippen LogP contribution in [0.3, 0.4) is 0 Å². The Hall–Kier alpha value is -3.15. The van der Waals surface area contributed by atoms with Gasteiger partial charge in [0.05, 0.1) is 13.0 Å². The number of likely N-dealkylation sites (tertiary alicyclic amines) is 1. The molecular formula is C21H21N3O3. The van der Waals surface area contributed by atoms with Gasteiger partial charge in [0.15, 0.2) is 0 Å². The molecule has 1 atom stereocenters. The van der Waals surface area contributed by atoms with Crippen LogP contribution in [-0.2, 0) is 20.9 Å². The number of anilines is 2. The molecule has 0 radical (unpaired) electrons. The molecule has 0 saturated carbocycles. The van der Waals surface area contributed by atoms with E-state index in [1.807, 2.05) is 54.6 Å². The van der Waals surface area contributed by atoms with Crippen molar-refractivity contribution in [1.82, 2.24) is 4.90 Å². The highest BCUT2D eigenvalue weighted by atomic mass is 16.2. The van der Waals surface area contributed by atoms with Gasteiger partial charge in [0, 0.05) is 24.3 Å². The zero-order valence-corrected chi connectivity index (χ0v) is 14.9. The molecular weight excluding hydrogens is 342 g/mol. The van der Waals surface area contributed by atoms with Gasteiger partial charge >= 0.3 is 0 Å². The summed E-state index contributed by atoms with van der Waals surface area (Å²) in [6.07, 6.45) is 1.63. The van der Waals surface area contributed by atoms with Crippen molar-refractivity contribution in [2.75, 3.05) is 16.8 Å². The summed E-state index contributed by atoms with van der Waals surface area (Å²) >= 11 is 0. The number of rotatable bonds is 5. The monoisotopic (exact) mass is 363 g/mol. The van der Waals surface area contributed by atoms with Crippen LogP contribution in [0.2, 0.25) is 0 Å². The molecule has 1 N–H and O–H groups in total. The fourth-order valence-corrected chi connectivity index (χ4v) is 3.59. The maximum Gasteiger partial charge on any atom is 0.252 e. The normalized spacial score (nSPS) is 19.9. The van der Waals surface area contributed by atoms with Crippen molar-refractivity contribution < 1.29 is 14.4 Å². The van der Waals surface area contributed by atoms with Gasteiger partial charge in [-0.05, 0) is 36.2 Å². The molecule has 3 amide bonds. The van der Waals surface area contributed by atoms with Crippen molar-refractivity contribution in [3.63, 3.8) is 0 Å². The Kier molecular flexibility index (Phi) is 4.62. The zero-order valence-electron chi connectivity index (χ0n) is 14.9. The van der Waals surface area contributed by atoms with Gasteiger partial charge in [-0.25, -0.2) is 0 Å². The Balaban J connectivity index is 1.41. The first-order valence-corrected chi connectivity index (χ1v) is 9.17. The van der Waals surface area contributed by atoms with Crippen molar-refractivity contribution in [3.8, 4) is 0 Å². The van der Waals surface area contributed by atoms with Crippen LogP contribution in [0.4, 0.5) is 11.4 Å². The molecule has 1 unspecified atom stereocenters. The lowest BCUT2D eigenvalue weighted by atomic mass is 10.2. The molecule has 6 heteroatoms. The fourth-order valence-electron chi connectivity index (χ4n) is 3.59. The highest BCUT2D eigenvalue weighted by molar-refractivity contribution is 6.06. The molecule has 0 bridgehead atoms. The van der Waals surface area contributed by atoms with Gasteiger partial charge in [-0.15, -0.1) is 0 Å². The van der Waals surface area contributed by atoms with E-state index < -0.39 is 6.04 Å². The summed E-state index contributed by atoms with van der Waals surface area (Å²) in [7, 11) is 0. The minimum absolute atomic E-state index is 0.142. The summed E-state index contributed by atoms with van der Waals surface area (Å²) in [6, 6.07) is 16.4. The van der Waals surface area contributed by atoms with Gasteiger partial charge in [-0.3, -0.25) is 19.3 Å². The van der Waals surface area contributed by atoms with Gasteiger partial charge in [0.1, 0.15) is 6.04 Å². The second kappa shape index (κ2) is 7.23. The van der Waals surface area contributed by atoms with E-state index in [1.54, 1.807) is 4.90 Å². The second-order valence-corrected chi connectivity index (χ2v) is 6.90. The lowest BCUT2D eigenvalue weighted by molar-refractivity contribution is -0.139. The third-order valence-electron chi connectivity index (χ3n) is 5.02. The molecule has 138 valence electrons. The molecule has 0 aliphatic carbocycles. The third-order valence-corrected chi connectivity index (χ3v) is 5.02. The number of amides is 3. The standard InChI is InChI=1S/C21H21N3O3/c25-19-7-4-12-23(19)17-10-8-16(9-11-17)22-18-13-20(26)24(21(18)27)14-15-5-2-1-3-6-15/h1-3,5-6,8-11,18,22H,4,7,12-14H2. The van der Waals surface area contributed by atoms with Crippen molar-refractivity contribution in [1.29, 1.82) is 0 Å². The minimum Gasteiger partial charge on any atom is -0.373 e. The van der Waals surface area contributed by atoms with Crippen LogP contribution < -0.4 is 10.2 Å². The molecule has 0 spiro atoms. The van der Waals surface area contributed by atoms with Gasteiger partial charge in [-0.2, -0.15) is 0 Å². The zero-order chi connectivity index (χ0) is 18.8. The molecule has 2 saturated heterocycles. The Morgan fingerprint density at radius 2 is 1.67 bits per heavy atom. The van der Waals surface area contributed by atoms with Gasteiger partial charge < -0.3 is 10.2 Å². The summed E-state index contributed by atoms with van der Waals surface area (Å²) in [4.78, 5) is 39.8. The number of nitrogens with one attached hydrogen (secondary N) is 1. The third kappa shape index (κ3) is 3.56. The lowest BCUT2D eigenvalue weighted by Gasteiger charge is -2.18. The molecule has 6 nitrogen and oxygen atoms in total. The average Bonchev–Trinajstić information content (AvgIpc) is 3.22. The predicted molar refractivity (Wildman–Crippen MR) is 102 cm³/mol. The first-order chi connectivity index (χ1) is 13.1. The average molecular weight is 363 g/mol. The highest BCUT2D eigenvalue weighted by Crippen LogP contribution is 2.25. The number of nitrogens with zero attached hydrogens (tertiary/aromatic N) is 2. The minimum atomic E-state index is -0.555. The fraction of sp³-hybridized carbons (Fsp3) is 0.286. The largest absolute Gasteiger partial charge is 0.373 e. The van der Waals surface area contributed by atoms with Crippen molar-refractivity contribution >= 4 is 29.1 Å². The Bertz CT molecular complexity index is 864. The highest BCUT2D eigenvalue weighted by Gasteiger charge is 2.38. The summed E-state index contributed by atoms with van der Waals surface area (Å²) in [5, 5.41) is 3.15. The van der Waals surface area contributed by atoms with Crippen LogP contribution in [0.1, 0.15) is 24.8 Å². The van der Waals surface area contributed by atoms with E-state index in [4.69, 9.17) is 0 Å². The van der Waals surface area contributed by atoms with E-state index >= 15 is 0 Å². The number of carbonyl (C=O) groups excluding carboxylic acids is 3. The molecule has 0 aromatic heterocycles. The number of hydrogen-bond donors (Lipinski definition) is 1. The van der Waals surface area contributed by atoms with Crippen molar-refractivity contribution in [2.24, 2.45) is 0 Å². The SMILES string of the molecule is O=C1CC(Nc2ccc(N3CCCC3=O)cc2)C(=O)N1Cc1ccccc1. The van der Waals surface area contributed by atoms with Crippen molar-refractivity contribution in [3.05, 3.63) is 60.2 Å². The molecule has 4 rings (SSSR count). The molecule has 2 fully saturated rings. The maximum absolute atomic E-state index is 12.6. The smallest absolute Gasteiger partial charge is 0.252 e. The second-order valence-electron chi connectivity index (χ2n) is 6.90. The Morgan fingerprint density at radius 3 is 2.33 bits per heavy atom. The van der Waals surface area contributed by atoms with Gasteiger partial charge in [0.2, 0.25) is 11.8 Å². The topological polar surface area (TPSA) is 69.7 Å². The van der Waals surface area contributed by atoms with Crippen LogP contribution in [0.15, 0.2) is 54.6 Å². The number of hydrogen-bond acceptors (Lipinski definition) is 4. The number of imide groups is 1. The predicted octanol–water partition coefficient (Wildman–Crippen LogP) is 2.55. The maximum atomic E-state index is 12.6. The van der Waals surface area contributed by atoms with Crippen molar-refractivity contribution in [2.45, 2.75) is 31.8 Å². The summed E-state index contributed by atoms with van der Waals surface area (Å²) in [6.45, 7) is 1.04. The van der Waals surface area contributed by atoms with Gasteiger partial charge in [0.25, 0.3) is 5.91 Å². The number of benzene rings is 2. The quantitative estimate of drug-likeness (QED) is 0.829. The first-order valence-electron chi connectivity index (χ1n) is 9.17. The molecule has 2 aromatic rings. The first kappa shape index (κ1) is 17.3. The van der Waals surface area contributed by atoms with Crippen LogP contribution in [0.25, 0.3) is 0 Å². The van der Waals surface area contributed by atoms with Crippen LogP contribution in [0.5, 0.6) is 0 Å². The summed E-state index contributed by atoms with van der Waals surface area (Å²) < 4.78 is 0. The molecule has 2 heterocycles. The van der Waals surface area contributed by atoms with E-state index in [-0.39, 0.29) is 24.1 Å². The van der Waals surface area contributed by atoms with Crippen LogP contribution >= 0.6 is 0 Å². The number of carbonyl (C=O) groups is 3. The van der Waals surface area contributed by atoms with Crippen LogP contribution in [-0.4, -0.2) is 35.2 Å². The summed E-state index contributed by atoms with van der Waals surface area (Å²) in [5.74, 6) is -0.230.